The van der Waals surface area contributed by atoms with Crippen LogP contribution < -0.4 is 0 Å². The van der Waals surface area contributed by atoms with E-state index in [1.807, 2.05) is 0 Å². The molecule has 6 heteroatoms. The maximum atomic E-state index is 12.8. The van der Waals surface area contributed by atoms with Gasteiger partial charge < -0.3 is 14.2 Å². The highest BCUT2D eigenvalue weighted by molar-refractivity contribution is 5.71. The zero-order chi connectivity index (χ0) is 48.6. The van der Waals surface area contributed by atoms with Crippen LogP contribution in [0.25, 0.3) is 0 Å². The van der Waals surface area contributed by atoms with Gasteiger partial charge in [-0.25, -0.2) is 0 Å². The van der Waals surface area contributed by atoms with Crippen molar-refractivity contribution in [3.63, 3.8) is 0 Å². The van der Waals surface area contributed by atoms with Gasteiger partial charge in [0.1, 0.15) is 13.2 Å². The molecule has 0 aliphatic heterocycles. The van der Waals surface area contributed by atoms with Crippen LogP contribution in [0.3, 0.4) is 0 Å². The van der Waals surface area contributed by atoms with E-state index in [9.17, 15) is 14.4 Å². The lowest BCUT2D eigenvalue weighted by Gasteiger charge is -2.18. The Bertz CT molecular complexity index is 1300. The van der Waals surface area contributed by atoms with Crippen LogP contribution in [0.1, 0.15) is 265 Å². The molecule has 0 bridgehead atoms. The molecule has 0 aliphatic rings. The van der Waals surface area contributed by atoms with E-state index >= 15 is 0 Å². The summed E-state index contributed by atoms with van der Waals surface area (Å²) in [6.07, 6.45) is 71.5. The van der Waals surface area contributed by atoms with Crippen molar-refractivity contribution in [3.05, 3.63) is 85.1 Å². The van der Waals surface area contributed by atoms with Crippen LogP contribution in [0.2, 0.25) is 0 Å². The van der Waals surface area contributed by atoms with Gasteiger partial charge >= 0.3 is 17.9 Å². The lowest BCUT2D eigenvalue weighted by molar-refractivity contribution is -0.167. The second-order valence-electron chi connectivity index (χ2n) is 18.5. The van der Waals surface area contributed by atoms with Gasteiger partial charge in [-0.2, -0.15) is 0 Å². The Morgan fingerprint density at radius 1 is 0.313 bits per heavy atom. The molecule has 0 spiro atoms. The first kappa shape index (κ1) is 63.6. The summed E-state index contributed by atoms with van der Waals surface area (Å²) >= 11 is 0. The van der Waals surface area contributed by atoms with Crippen LogP contribution in [-0.4, -0.2) is 37.2 Å². The number of rotatable bonds is 50. The van der Waals surface area contributed by atoms with Gasteiger partial charge in [0.2, 0.25) is 0 Å². The highest BCUT2D eigenvalue weighted by atomic mass is 16.6. The highest BCUT2D eigenvalue weighted by Crippen LogP contribution is 2.15. The molecule has 0 aromatic heterocycles. The van der Waals surface area contributed by atoms with Gasteiger partial charge in [0.15, 0.2) is 6.10 Å². The van der Waals surface area contributed by atoms with Crippen LogP contribution in [0.4, 0.5) is 0 Å². The van der Waals surface area contributed by atoms with E-state index in [4.69, 9.17) is 14.2 Å². The Hall–Kier alpha value is -3.41. The lowest BCUT2D eigenvalue weighted by atomic mass is 10.0. The van der Waals surface area contributed by atoms with E-state index in [-0.39, 0.29) is 37.5 Å². The number of hydrogen-bond acceptors (Lipinski definition) is 6. The molecule has 67 heavy (non-hydrogen) atoms. The number of unbranched alkanes of at least 4 members (excludes halogenated alkanes) is 25. The third-order valence-electron chi connectivity index (χ3n) is 11.9. The van der Waals surface area contributed by atoms with Crippen LogP contribution >= 0.6 is 0 Å². The zero-order valence-corrected chi connectivity index (χ0v) is 43.9. The van der Waals surface area contributed by atoms with Crippen molar-refractivity contribution in [1.82, 2.24) is 0 Å². The predicted molar refractivity (Wildman–Crippen MR) is 288 cm³/mol. The molecular weight excluding hydrogens is 829 g/mol. The zero-order valence-electron chi connectivity index (χ0n) is 43.9. The Kier molecular flexibility index (Phi) is 52.4. The summed E-state index contributed by atoms with van der Waals surface area (Å²) in [5.41, 5.74) is 0. The first-order valence-electron chi connectivity index (χ1n) is 28.1. The fourth-order valence-electron chi connectivity index (χ4n) is 7.68. The maximum absolute atomic E-state index is 12.8. The van der Waals surface area contributed by atoms with Crippen molar-refractivity contribution < 1.29 is 28.6 Å². The largest absolute Gasteiger partial charge is 0.462 e. The quantitative estimate of drug-likeness (QED) is 0.0262. The molecule has 0 aromatic rings. The Morgan fingerprint density at radius 3 is 1.00 bits per heavy atom. The van der Waals surface area contributed by atoms with Gasteiger partial charge in [0.05, 0.1) is 0 Å². The minimum absolute atomic E-state index is 0.112. The normalized spacial score (nSPS) is 12.7. The van der Waals surface area contributed by atoms with Gasteiger partial charge in [0, 0.05) is 19.3 Å². The molecule has 0 radical (unpaired) electrons. The number of allylic oxidation sites excluding steroid dienone is 14. The molecule has 0 N–H and O–H groups in total. The van der Waals surface area contributed by atoms with E-state index in [2.05, 4.69) is 106 Å². The number of hydrogen-bond donors (Lipinski definition) is 0. The second-order valence-corrected chi connectivity index (χ2v) is 18.5. The van der Waals surface area contributed by atoms with Crippen molar-refractivity contribution in [2.45, 2.75) is 271 Å². The van der Waals surface area contributed by atoms with Crippen LogP contribution in [-0.2, 0) is 28.6 Å². The molecular formula is C61H104O6. The first-order valence-corrected chi connectivity index (χ1v) is 28.1. The molecule has 0 fully saturated rings. The highest BCUT2D eigenvalue weighted by Gasteiger charge is 2.19. The number of carbonyl (C=O) groups is 3. The topological polar surface area (TPSA) is 78.9 Å². The second kappa shape index (κ2) is 55.2. The van der Waals surface area contributed by atoms with Gasteiger partial charge in [-0.05, 0) is 89.9 Å². The molecule has 0 aromatic carbocycles. The van der Waals surface area contributed by atoms with Crippen molar-refractivity contribution in [2.24, 2.45) is 0 Å². The summed E-state index contributed by atoms with van der Waals surface area (Å²) in [6.45, 7) is 6.45. The summed E-state index contributed by atoms with van der Waals surface area (Å²) in [5, 5.41) is 0. The van der Waals surface area contributed by atoms with Crippen molar-refractivity contribution in [1.29, 1.82) is 0 Å². The summed E-state index contributed by atoms with van der Waals surface area (Å²) < 4.78 is 16.8. The minimum atomic E-state index is -0.812. The smallest absolute Gasteiger partial charge is 0.306 e. The van der Waals surface area contributed by atoms with E-state index in [1.165, 1.54) is 135 Å². The molecule has 0 unspecified atom stereocenters. The van der Waals surface area contributed by atoms with Crippen molar-refractivity contribution in [3.8, 4) is 0 Å². The Balaban J connectivity index is 4.50. The molecule has 0 aliphatic carbocycles. The van der Waals surface area contributed by atoms with Crippen LogP contribution in [0, 0.1) is 0 Å². The SMILES string of the molecule is CC/C=C\C/C=C\C/C=C\C/C=C\CCCCC(=O)OC[C@H](COC(=O)CCC/C=C\C/C=C\C/C=C\CCCCCCCC)OC(=O)CCCCCCCCCCCCCCCCCCC. The molecule has 1 atom stereocenters. The molecule has 0 saturated heterocycles. The Morgan fingerprint density at radius 2 is 0.597 bits per heavy atom. The fourth-order valence-corrected chi connectivity index (χ4v) is 7.68. The number of carbonyl (C=O) groups excluding carboxylic acids is 3. The van der Waals surface area contributed by atoms with Crippen LogP contribution in [0.5, 0.6) is 0 Å². The monoisotopic (exact) mass is 933 g/mol. The average Bonchev–Trinajstić information content (AvgIpc) is 3.33. The third-order valence-corrected chi connectivity index (χ3v) is 11.9. The molecule has 0 rings (SSSR count). The summed E-state index contributed by atoms with van der Waals surface area (Å²) in [6, 6.07) is 0. The van der Waals surface area contributed by atoms with E-state index < -0.39 is 6.10 Å². The standard InChI is InChI=1S/C61H104O6/c1-4-7-10-13-16-19-22-25-28-30-33-36-39-42-45-48-51-54-60(63)66-57-58(56-65-59(62)53-50-47-44-41-38-35-32-27-24-21-18-15-12-9-6-3)67-61(64)55-52-49-46-43-40-37-34-31-29-26-23-20-17-14-11-8-5-2/h9,12,18,21,25,27-28,32-33,36,38,41-42,45,58H,4-8,10-11,13-17,19-20,22-24,26,29-31,34-35,37,39-40,43-44,46-57H2,1-3H3/b12-9-,21-18-,28-25-,32-27-,36-33-,41-38-,45-42-/t58-/m1/s1. The van der Waals surface area contributed by atoms with E-state index in [1.54, 1.807) is 0 Å². The van der Waals surface area contributed by atoms with E-state index in [0.29, 0.717) is 19.3 Å². The average molecular weight is 933 g/mol. The molecule has 0 saturated carbocycles. The van der Waals surface area contributed by atoms with Gasteiger partial charge in [-0.3, -0.25) is 14.4 Å². The third kappa shape index (κ3) is 53.4. The Labute approximate surface area is 414 Å². The lowest BCUT2D eigenvalue weighted by Crippen LogP contribution is -2.30. The molecule has 0 heterocycles. The van der Waals surface area contributed by atoms with Gasteiger partial charge in [0.25, 0.3) is 0 Å². The fraction of sp³-hybridized carbons (Fsp3) is 0.721. The van der Waals surface area contributed by atoms with Gasteiger partial charge in [-0.1, -0.05) is 241 Å². The molecule has 0 amide bonds. The molecule has 384 valence electrons. The van der Waals surface area contributed by atoms with Crippen LogP contribution in [0.15, 0.2) is 85.1 Å². The summed E-state index contributed by atoms with van der Waals surface area (Å²) in [7, 11) is 0. The summed E-state index contributed by atoms with van der Waals surface area (Å²) in [4.78, 5) is 38.1. The predicted octanol–water partition coefficient (Wildman–Crippen LogP) is 18.8. The minimum Gasteiger partial charge on any atom is -0.462 e. The molecule has 6 nitrogen and oxygen atoms in total. The first-order chi connectivity index (χ1) is 33.0. The summed E-state index contributed by atoms with van der Waals surface area (Å²) in [5.74, 6) is -0.996. The van der Waals surface area contributed by atoms with E-state index in [0.717, 1.165) is 83.5 Å². The number of ether oxygens (including phenoxy) is 3. The maximum Gasteiger partial charge on any atom is 0.306 e. The van der Waals surface area contributed by atoms with Crippen molar-refractivity contribution >= 4 is 17.9 Å². The van der Waals surface area contributed by atoms with Gasteiger partial charge in [-0.15, -0.1) is 0 Å². The van der Waals surface area contributed by atoms with Crippen molar-refractivity contribution in [2.75, 3.05) is 13.2 Å². The number of esters is 3.